The monoisotopic (exact) mass is 724 g/mol. The van der Waals surface area contributed by atoms with E-state index in [9.17, 15) is 32.4 Å². The van der Waals surface area contributed by atoms with Gasteiger partial charge in [0.15, 0.2) is 0 Å². The number of primary amides is 1. The highest BCUT2D eigenvalue weighted by Crippen LogP contribution is 2.32. The number of sulfonamides is 1. The topological polar surface area (TPSA) is 188 Å². The van der Waals surface area contributed by atoms with E-state index in [1.54, 1.807) is 11.4 Å². The van der Waals surface area contributed by atoms with Gasteiger partial charge in [0.2, 0.25) is 17.6 Å². The molecule has 13 nitrogen and oxygen atoms in total. The third kappa shape index (κ3) is 11.0. The molecule has 1 aromatic heterocycles. The molecule has 1 aromatic rings. The molecule has 1 unspecified atom stereocenters. The summed E-state index contributed by atoms with van der Waals surface area (Å²) in [5.74, 6) is -3.04. The Bertz CT molecular complexity index is 1410. The lowest BCUT2D eigenvalue weighted by Crippen LogP contribution is -2.60. The molecule has 3 rings (SSSR count). The zero-order chi connectivity index (χ0) is 36.5. The molecule has 15 heteroatoms. The van der Waals surface area contributed by atoms with E-state index in [0.717, 1.165) is 43.4 Å². The number of amides is 5. The van der Waals surface area contributed by atoms with Crippen molar-refractivity contribution in [1.29, 1.82) is 0 Å². The lowest BCUT2D eigenvalue weighted by Gasteiger charge is -2.35. The fraction of sp³-hybridized carbons (Fsp3) is 0.735. The van der Waals surface area contributed by atoms with Gasteiger partial charge < -0.3 is 26.6 Å². The highest BCUT2D eigenvalue weighted by molar-refractivity contribution is 7.91. The van der Waals surface area contributed by atoms with E-state index in [4.69, 9.17) is 5.73 Å². The Kier molecular flexibility index (Phi) is 14.6. The Balaban J connectivity index is 1.86. The van der Waals surface area contributed by atoms with Crippen LogP contribution in [0.4, 0.5) is 4.79 Å². The van der Waals surface area contributed by atoms with Crippen molar-refractivity contribution in [2.75, 3.05) is 20.1 Å². The third-order valence-corrected chi connectivity index (χ3v) is 13.0. The fourth-order valence-corrected chi connectivity index (χ4v) is 9.03. The molecule has 276 valence electrons. The second-order valence-electron chi connectivity index (χ2n) is 14.8. The highest BCUT2D eigenvalue weighted by Gasteiger charge is 2.46. The van der Waals surface area contributed by atoms with Crippen molar-refractivity contribution in [1.82, 2.24) is 25.2 Å². The van der Waals surface area contributed by atoms with Gasteiger partial charge in [0.25, 0.3) is 15.9 Å². The van der Waals surface area contributed by atoms with Crippen LogP contribution >= 0.6 is 11.3 Å². The summed E-state index contributed by atoms with van der Waals surface area (Å²) in [6.07, 6.45) is 7.04. The van der Waals surface area contributed by atoms with Crippen LogP contribution in [-0.4, -0.2) is 91.5 Å². The van der Waals surface area contributed by atoms with Gasteiger partial charge in [-0.05, 0) is 48.0 Å². The number of carbonyl (C=O) groups excluding carboxylic acids is 5. The van der Waals surface area contributed by atoms with Crippen molar-refractivity contribution in [3.05, 3.63) is 17.5 Å². The van der Waals surface area contributed by atoms with Crippen LogP contribution in [0.25, 0.3) is 0 Å². The molecule has 5 N–H and O–H groups in total. The van der Waals surface area contributed by atoms with Gasteiger partial charge in [-0.25, -0.2) is 13.2 Å². The van der Waals surface area contributed by atoms with Crippen molar-refractivity contribution >= 4 is 50.9 Å². The molecule has 5 amide bonds. The molecule has 0 aromatic carbocycles. The maximum Gasteiger partial charge on any atom is 0.315 e. The van der Waals surface area contributed by atoms with Gasteiger partial charge in [0, 0.05) is 26.2 Å². The second-order valence-corrected chi connectivity index (χ2v) is 18.0. The van der Waals surface area contributed by atoms with Crippen molar-refractivity contribution in [3.8, 4) is 0 Å². The number of hydrogen-bond donors (Lipinski definition) is 4. The zero-order valence-corrected chi connectivity index (χ0v) is 31.5. The van der Waals surface area contributed by atoms with Crippen LogP contribution < -0.4 is 21.7 Å². The fourth-order valence-electron chi connectivity index (χ4n) is 6.65. The zero-order valence-electron chi connectivity index (χ0n) is 29.8. The molecule has 0 bridgehead atoms. The molecule has 0 aliphatic carbocycles. The summed E-state index contributed by atoms with van der Waals surface area (Å²) in [5.41, 5.74) is 4.79. The predicted octanol–water partition coefficient (Wildman–Crippen LogP) is 3.39. The quantitative estimate of drug-likeness (QED) is 0.281. The first-order valence-electron chi connectivity index (χ1n) is 17.5. The van der Waals surface area contributed by atoms with E-state index in [-0.39, 0.29) is 29.0 Å². The van der Waals surface area contributed by atoms with Crippen molar-refractivity contribution in [2.45, 2.75) is 127 Å². The number of nitrogens with zero attached hydrogens (tertiary/aromatic N) is 2. The minimum atomic E-state index is -3.76. The summed E-state index contributed by atoms with van der Waals surface area (Å²) in [6.45, 7) is 9.95. The lowest BCUT2D eigenvalue weighted by molar-refractivity contribution is -0.143. The van der Waals surface area contributed by atoms with E-state index in [2.05, 4.69) is 16.0 Å². The molecular formula is C34H56N6O7S2. The smallest absolute Gasteiger partial charge is 0.315 e. The molecule has 2 fully saturated rings. The summed E-state index contributed by atoms with van der Waals surface area (Å²) in [4.78, 5) is 67.8. The second kappa shape index (κ2) is 17.8. The van der Waals surface area contributed by atoms with E-state index >= 15 is 0 Å². The molecule has 2 saturated heterocycles. The number of nitrogens with one attached hydrogen (secondary N) is 3. The summed E-state index contributed by atoms with van der Waals surface area (Å²) < 4.78 is 27.7. The van der Waals surface area contributed by atoms with Crippen molar-refractivity contribution in [3.63, 3.8) is 0 Å². The average Bonchev–Trinajstić information content (AvgIpc) is 3.72. The summed E-state index contributed by atoms with van der Waals surface area (Å²) >= 11 is 1.12. The normalized spacial score (nSPS) is 24.3. The standard InChI is InChI=1S/C34H56N6O7S2/c1-22(2)23-18-19-40-28(23)31(43)36-24(29(41)30(35)42)15-12-10-8-7-9-11-13-16-25(32(40)44)37-33(45)38-26(34(3,4)5)21-39(6)49(46,47)27-17-14-20-48-27/h14,17,20,22-26,28H,7-13,15-16,18-19,21H2,1-6H3,(H2,35,42)(H,36,43)(H2,37,38,45)/t23?,24-,25-,26+,28-/m0/s1. The summed E-state index contributed by atoms with van der Waals surface area (Å²) in [7, 11) is -2.29. The van der Waals surface area contributed by atoms with Gasteiger partial charge in [0.1, 0.15) is 16.3 Å². The number of likely N-dealkylation sites (N-methyl/N-ethyl adjacent to an activating group) is 1. The van der Waals surface area contributed by atoms with Gasteiger partial charge in [-0.3, -0.25) is 19.2 Å². The Labute approximate surface area is 295 Å². The van der Waals surface area contributed by atoms with E-state index in [1.807, 2.05) is 34.6 Å². The first-order valence-corrected chi connectivity index (χ1v) is 19.8. The van der Waals surface area contributed by atoms with Gasteiger partial charge in [0.05, 0.1) is 6.04 Å². The van der Waals surface area contributed by atoms with Gasteiger partial charge in [-0.15, -0.1) is 11.3 Å². The van der Waals surface area contributed by atoms with E-state index in [1.165, 1.54) is 22.3 Å². The molecule has 0 saturated carbocycles. The molecule has 3 heterocycles. The number of thiophene rings is 1. The number of nitrogens with two attached hydrogens (primary N) is 1. The Morgan fingerprint density at radius 3 is 2.20 bits per heavy atom. The molecular weight excluding hydrogens is 669 g/mol. The summed E-state index contributed by atoms with van der Waals surface area (Å²) in [5, 5.41) is 10.3. The molecule has 0 radical (unpaired) electrons. The van der Waals surface area contributed by atoms with Crippen LogP contribution in [0.3, 0.4) is 0 Å². The number of urea groups is 1. The van der Waals surface area contributed by atoms with Crippen LogP contribution in [0.2, 0.25) is 0 Å². The first-order chi connectivity index (χ1) is 22.9. The number of Topliss-reactive ketones (excluding diaryl/α,β-unsaturated/α-hetero) is 1. The van der Waals surface area contributed by atoms with Gasteiger partial charge >= 0.3 is 6.03 Å². The Hall–Kier alpha value is -3.04. The van der Waals surface area contributed by atoms with Crippen LogP contribution in [0.5, 0.6) is 0 Å². The SMILES string of the molecule is CC(C)C1CCN2C(=O)[C@@H](NC(=O)N[C@H](CN(C)S(=O)(=O)c3cccs3)C(C)(C)C)CCCCCCCCC[C@@H](C(=O)C(N)=O)NC(=O)[C@H]12. The van der Waals surface area contributed by atoms with Gasteiger partial charge in [-0.1, -0.05) is 85.6 Å². The molecule has 49 heavy (non-hydrogen) atoms. The molecule has 2 aliphatic heterocycles. The minimum Gasteiger partial charge on any atom is -0.363 e. The van der Waals surface area contributed by atoms with E-state index < -0.39 is 69.1 Å². The Morgan fingerprint density at radius 1 is 1.04 bits per heavy atom. The molecule has 0 spiro atoms. The van der Waals surface area contributed by atoms with Crippen LogP contribution in [-0.2, 0) is 29.2 Å². The van der Waals surface area contributed by atoms with Crippen molar-refractivity contribution < 1.29 is 32.4 Å². The van der Waals surface area contributed by atoms with Crippen LogP contribution in [0, 0.1) is 17.3 Å². The molecule has 2 aliphatic rings. The van der Waals surface area contributed by atoms with Crippen LogP contribution in [0.15, 0.2) is 21.7 Å². The highest BCUT2D eigenvalue weighted by atomic mass is 32.2. The number of carbonyl (C=O) groups is 5. The van der Waals surface area contributed by atoms with Crippen LogP contribution in [0.1, 0.15) is 98.8 Å². The van der Waals surface area contributed by atoms with E-state index in [0.29, 0.717) is 32.2 Å². The average molecular weight is 725 g/mol. The maximum atomic E-state index is 14.3. The first kappa shape index (κ1) is 40.4. The number of ketones is 1. The van der Waals surface area contributed by atoms with Crippen molar-refractivity contribution in [2.24, 2.45) is 23.0 Å². The minimum absolute atomic E-state index is 0.00535. The lowest BCUT2D eigenvalue weighted by atomic mass is 9.86. The van der Waals surface area contributed by atoms with Gasteiger partial charge in [-0.2, -0.15) is 4.31 Å². The number of rotatable bonds is 9. The maximum absolute atomic E-state index is 14.3. The summed E-state index contributed by atoms with van der Waals surface area (Å²) in [6, 6.07) is -0.914. The largest absolute Gasteiger partial charge is 0.363 e. The Morgan fingerprint density at radius 2 is 1.65 bits per heavy atom. The number of hydrogen-bond acceptors (Lipinski definition) is 8. The molecule has 5 atom stereocenters. The third-order valence-electron chi connectivity index (χ3n) is 9.77. The number of fused-ring (bicyclic) bond motifs is 1. The predicted molar refractivity (Wildman–Crippen MR) is 189 cm³/mol.